The van der Waals surface area contributed by atoms with E-state index in [0.29, 0.717) is 22.6 Å². The molecule has 2 amide bonds. The number of aryl methyl sites for hydroxylation is 1. The minimum Gasteiger partial charge on any atom is -0.493 e. The number of carbonyl (C=O) groups is 2. The van der Waals surface area contributed by atoms with E-state index in [1.807, 2.05) is 66.7 Å². The number of carbonyl (C=O) groups excluding carboxylic acids is 2. The number of methoxy groups -OCH3 is 2. The van der Waals surface area contributed by atoms with Crippen molar-refractivity contribution in [3.63, 3.8) is 0 Å². The van der Waals surface area contributed by atoms with E-state index in [4.69, 9.17) is 13.9 Å². The molecule has 0 radical (unpaired) electrons. The molecule has 7 aromatic rings. The van der Waals surface area contributed by atoms with E-state index in [9.17, 15) is 14.4 Å². The first-order valence-corrected chi connectivity index (χ1v) is 17.3. The van der Waals surface area contributed by atoms with Crippen LogP contribution in [0.1, 0.15) is 37.6 Å². The lowest BCUT2D eigenvalue weighted by molar-refractivity contribution is 0.0997. The first-order chi connectivity index (χ1) is 26.3. The number of nitrogens with one attached hydrogen (secondary N) is 2. The first-order valence-electron chi connectivity index (χ1n) is 17.3. The van der Waals surface area contributed by atoms with Gasteiger partial charge in [0.25, 0.3) is 11.8 Å². The van der Waals surface area contributed by atoms with Crippen LogP contribution in [0.3, 0.4) is 0 Å². The van der Waals surface area contributed by atoms with Gasteiger partial charge in [0.05, 0.1) is 42.6 Å². The van der Waals surface area contributed by atoms with Crippen molar-refractivity contribution >= 4 is 45.1 Å². The lowest BCUT2D eigenvalue weighted by Crippen LogP contribution is -2.25. The predicted octanol–water partition coefficient (Wildman–Crippen LogP) is 6.84. The first kappa shape index (κ1) is 35.6. The topological polar surface area (TPSA) is 141 Å². The highest BCUT2D eigenvalue weighted by molar-refractivity contribution is 6.12. The van der Waals surface area contributed by atoms with Crippen molar-refractivity contribution in [3.8, 4) is 11.5 Å². The summed E-state index contributed by atoms with van der Waals surface area (Å²) in [6, 6.07) is 28.9. The molecule has 3 aromatic heterocycles. The predicted molar refractivity (Wildman–Crippen MR) is 207 cm³/mol. The van der Waals surface area contributed by atoms with Gasteiger partial charge in [0.15, 0.2) is 22.7 Å². The summed E-state index contributed by atoms with van der Waals surface area (Å²) >= 11 is 0. The number of amides is 2. The summed E-state index contributed by atoms with van der Waals surface area (Å²) in [6.07, 6.45) is 6.29. The number of fused-ring (bicyclic) bond motifs is 2. The Morgan fingerprint density at radius 3 is 2.30 bits per heavy atom. The van der Waals surface area contributed by atoms with E-state index in [0.717, 1.165) is 48.6 Å². The summed E-state index contributed by atoms with van der Waals surface area (Å²) in [6.45, 7) is 2.32. The van der Waals surface area contributed by atoms with E-state index in [2.05, 4.69) is 43.8 Å². The molecule has 0 saturated heterocycles. The third-order valence-electron chi connectivity index (χ3n) is 9.18. The molecule has 0 aliphatic heterocycles. The summed E-state index contributed by atoms with van der Waals surface area (Å²) in [5.41, 5.74) is 5.31. The van der Waals surface area contributed by atoms with E-state index in [1.54, 1.807) is 24.3 Å². The average molecular weight is 723 g/mol. The largest absolute Gasteiger partial charge is 0.493 e. The molecule has 7 rings (SSSR count). The molecule has 0 fully saturated rings. The van der Waals surface area contributed by atoms with Crippen molar-refractivity contribution in [2.75, 3.05) is 31.4 Å². The third-order valence-corrected chi connectivity index (χ3v) is 9.18. The summed E-state index contributed by atoms with van der Waals surface area (Å²) in [5.74, 6) is -0.814. The molecule has 0 aliphatic rings. The second-order valence-corrected chi connectivity index (χ2v) is 12.8. The van der Waals surface area contributed by atoms with E-state index in [-0.39, 0.29) is 28.0 Å². The van der Waals surface area contributed by atoms with Crippen LogP contribution in [0.25, 0.3) is 21.9 Å². The molecule has 272 valence electrons. The van der Waals surface area contributed by atoms with Crippen molar-refractivity contribution in [2.45, 2.75) is 19.5 Å². The van der Waals surface area contributed by atoms with E-state index < -0.39 is 11.8 Å². The van der Waals surface area contributed by atoms with Gasteiger partial charge in [0, 0.05) is 62.3 Å². The molecule has 12 nitrogen and oxygen atoms in total. The number of ether oxygens (including phenoxy) is 2. The van der Waals surface area contributed by atoms with Gasteiger partial charge in [-0.1, -0.05) is 30.3 Å². The lowest BCUT2D eigenvalue weighted by atomic mass is 10.1. The van der Waals surface area contributed by atoms with Gasteiger partial charge in [-0.05, 0) is 77.7 Å². The summed E-state index contributed by atoms with van der Waals surface area (Å²) in [4.78, 5) is 46.3. The van der Waals surface area contributed by atoms with Crippen LogP contribution in [0.2, 0.25) is 0 Å². The smallest absolute Gasteiger partial charge is 0.291 e. The van der Waals surface area contributed by atoms with Crippen molar-refractivity contribution in [1.29, 1.82) is 0 Å². The number of nitrogens with zero attached hydrogens (tertiary/aromatic N) is 4. The van der Waals surface area contributed by atoms with Gasteiger partial charge < -0.3 is 24.5 Å². The SMILES string of the molecule is COc1cc(NC(=O)c2cc(=O)c3ccccc3o2)c(C(=O)Nc2ccc(CCN(Cc3ccncc3)Cc3ccc4c(cnn4C)c3)cc2)cc1OC. The molecular formula is C42H38N6O6. The molecule has 4 aromatic carbocycles. The monoisotopic (exact) mass is 722 g/mol. The molecule has 2 N–H and O–H groups in total. The van der Waals surface area contributed by atoms with Crippen molar-refractivity contribution in [3.05, 3.63) is 154 Å². The molecule has 54 heavy (non-hydrogen) atoms. The number of aromatic nitrogens is 3. The Kier molecular flexibility index (Phi) is 10.4. The van der Waals surface area contributed by atoms with Gasteiger partial charge >= 0.3 is 0 Å². The summed E-state index contributed by atoms with van der Waals surface area (Å²) in [7, 11) is 4.85. The Labute approximate surface area is 311 Å². The molecule has 0 saturated carbocycles. The Morgan fingerprint density at radius 1 is 0.796 bits per heavy atom. The molecule has 0 unspecified atom stereocenters. The maximum Gasteiger partial charge on any atom is 0.291 e. The quantitative estimate of drug-likeness (QED) is 0.131. The van der Waals surface area contributed by atoms with Crippen molar-refractivity contribution < 1.29 is 23.5 Å². The highest BCUT2D eigenvalue weighted by Crippen LogP contribution is 2.34. The standard InChI is InChI=1S/C42H38N6O6/c1-47-35-13-10-29(20-30(35)24-44-47)26-48(25-28-14-17-43-18-15-28)19-16-27-8-11-31(12-9-27)45-41(50)33-21-38(52-2)39(53-3)22-34(33)46-42(51)40-23-36(49)32-6-4-5-7-37(32)54-40/h4-15,17-18,20-24H,16,19,25-26H2,1-3H3,(H,45,50)(H,46,51). The van der Waals surface area contributed by atoms with Gasteiger partial charge in [-0.15, -0.1) is 0 Å². The fraction of sp³-hybridized carbons (Fsp3) is 0.167. The van der Waals surface area contributed by atoms with Crippen LogP contribution in [0.15, 0.2) is 125 Å². The van der Waals surface area contributed by atoms with Gasteiger partial charge in [0.1, 0.15) is 5.58 Å². The second-order valence-electron chi connectivity index (χ2n) is 12.8. The number of hydrogen-bond donors (Lipinski definition) is 2. The van der Waals surface area contributed by atoms with Crippen LogP contribution in [0, 0.1) is 0 Å². The van der Waals surface area contributed by atoms with Crippen LogP contribution in [-0.2, 0) is 26.6 Å². The molecule has 0 aliphatic carbocycles. The third kappa shape index (κ3) is 7.98. The fourth-order valence-corrected chi connectivity index (χ4v) is 6.34. The Hall–Kier alpha value is -6.79. The minimum atomic E-state index is -0.709. The Balaban J connectivity index is 1.06. The van der Waals surface area contributed by atoms with Gasteiger partial charge in [-0.25, -0.2) is 0 Å². The highest BCUT2D eigenvalue weighted by atomic mass is 16.5. The molecule has 0 spiro atoms. The zero-order valence-corrected chi connectivity index (χ0v) is 30.0. The Morgan fingerprint density at radius 2 is 1.52 bits per heavy atom. The normalized spacial score (nSPS) is 11.2. The number of pyridine rings is 1. The van der Waals surface area contributed by atoms with Gasteiger partial charge in [-0.2, -0.15) is 5.10 Å². The second kappa shape index (κ2) is 15.8. The average Bonchev–Trinajstić information content (AvgIpc) is 3.56. The van der Waals surface area contributed by atoms with Crippen LogP contribution < -0.4 is 25.5 Å². The zero-order valence-electron chi connectivity index (χ0n) is 30.0. The Bertz CT molecular complexity index is 2510. The van der Waals surface area contributed by atoms with Crippen LogP contribution in [0.4, 0.5) is 11.4 Å². The van der Waals surface area contributed by atoms with Crippen molar-refractivity contribution in [1.82, 2.24) is 19.7 Å². The molecular weight excluding hydrogens is 684 g/mol. The molecule has 0 atom stereocenters. The molecule has 0 bridgehead atoms. The maximum absolute atomic E-state index is 13.7. The number of hydrogen-bond acceptors (Lipinski definition) is 9. The maximum atomic E-state index is 13.7. The number of para-hydroxylation sites is 1. The van der Waals surface area contributed by atoms with Gasteiger partial charge in [0.2, 0.25) is 0 Å². The van der Waals surface area contributed by atoms with Gasteiger partial charge in [-0.3, -0.25) is 28.9 Å². The minimum absolute atomic E-state index is 0.115. The zero-order chi connectivity index (χ0) is 37.6. The van der Waals surface area contributed by atoms with E-state index in [1.165, 1.54) is 37.5 Å². The van der Waals surface area contributed by atoms with Crippen LogP contribution in [-0.4, -0.2) is 52.2 Å². The number of rotatable bonds is 13. The van der Waals surface area contributed by atoms with E-state index >= 15 is 0 Å². The summed E-state index contributed by atoms with van der Waals surface area (Å²) < 4.78 is 18.5. The molecule has 12 heteroatoms. The fourth-order valence-electron chi connectivity index (χ4n) is 6.34. The number of anilines is 2. The molecule has 3 heterocycles. The summed E-state index contributed by atoms with van der Waals surface area (Å²) in [5, 5.41) is 11.5. The van der Waals surface area contributed by atoms with Crippen LogP contribution in [0.5, 0.6) is 11.5 Å². The highest BCUT2D eigenvalue weighted by Gasteiger charge is 2.21. The lowest BCUT2D eigenvalue weighted by Gasteiger charge is -2.23. The number of benzene rings is 4. The van der Waals surface area contributed by atoms with Crippen molar-refractivity contribution in [2.24, 2.45) is 7.05 Å². The van der Waals surface area contributed by atoms with Crippen LogP contribution >= 0.6 is 0 Å².